The number of nitrogens with zero attached hydrogens (tertiary/aromatic N) is 1. The monoisotopic (exact) mass is 307 g/mol. The molecule has 2 heterocycles. The molecule has 0 unspecified atom stereocenters. The lowest BCUT2D eigenvalue weighted by Crippen LogP contribution is -2.46. The van der Waals surface area contributed by atoms with Crippen molar-refractivity contribution in [2.45, 2.75) is 18.4 Å². The predicted molar refractivity (Wildman–Crippen MR) is 81.4 cm³/mol. The van der Waals surface area contributed by atoms with Crippen LogP contribution in [-0.4, -0.2) is 41.4 Å². The first-order valence-electron chi connectivity index (χ1n) is 6.80. The largest absolute Gasteiger partial charge is 0.388 e. The Morgan fingerprint density at radius 3 is 3.00 bits per heavy atom. The minimum absolute atomic E-state index is 0.205. The quantitative estimate of drug-likeness (QED) is 0.790. The maximum absolute atomic E-state index is 12.2. The summed E-state index contributed by atoms with van der Waals surface area (Å²) >= 11 is 1.35. The molecule has 21 heavy (non-hydrogen) atoms. The zero-order valence-corrected chi connectivity index (χ0v) is 12.3. The van der Waals surface area contributed by atoms with Crippen LogP contribution in [0.25, 0.3) is 10.2 Å². The van der Waals surface area contributed by atoms with E-state index in [9.17, 15) is 9.90 Å². The van der Waals surface area contributed by atoms with E-state index in [1.165, 1.54) is 11.3 Å². The highest BCUT2D eigenvalue weighted by Gasteiger charge is 2.30. The van der Waals surface area contributed by atoms with Gasteiger partial charge in [-0.3, -0.25) is 4.79 Å². The molecule has 1 fully saturated rings. The summed E-state index contributed by atoms with van der Waals surface area (Å²) in [5.74, 6) is -0.205. The Labute approximate surface area is 125 Å². The number of ether oxygens (including phenoxy) is 1. The standard InChI is InChI=1S/C14H17N3O3S/c15-13-17-10-2-1-9(7-11(10)21-13)12(18)16-8-14(19)3-5-20-6-4-14/h1-2,7,19H,3-6,8H2,(H2,15,17)(H,16,18). The summed E-state index contributed by atoms with van der Waals surface area (Å²) in [7, 11) is 0. The highest BCUT2D eigenvalue weighted by Crippen LogP contribution is 2.25. The summed E-state index contributed by atoms with van der Waals surface area (Å²) in [5.41, 5.74) is 6.12. The van der Waals surface area contributed by atoms with Gasteiger partial charge in [0.1, 0.15) is 0 Å². The Morgan fingerprint density at radius 1 is 1.48 bits per heavy atom. The molecule has 0 radical (unpaired) electrons. The molecule has 2 aromatic rings. The first-order valence-corrected chi connectivity index (χ1v) is 7.62. The lowest BCUT2D eigenvalue weighted by molar-refractivity contribution is -0.0605. The van der Waals surface area contributed by atoms with E-state index in [1.807, 2.05) is 0 Å². The number of benzene rings is 1. The molecule has 1 aromatic carbocycles. The second-order valence-electron chi connectivity index (χ2n) is 5.25. The van der Waals surface area contributed by atoms with Crippen LogP contribution in [0.5, 0.6) is 0 Å². The van der Waals surface area contributed by atoms with Gasteiger partial charge in [-0.2, -0.15) is 0 Å². The molecule has 1 aliphatic heterocycles. The molecule has 0 saturated carbocycles. The number of aliphatic hydroxyl groups is 1. The van der Waals surface area contributed by atoms with Crippen molar-refractivity contribution in [2.24, 2.45) is 0 Å². The predicted octanol–water partition coefficient (Wildman–Crippen LogP) is 1.15. The Kier molecular flexibility index (Phi) is 3.79. The summed E-state index contributed by atoms with van der Waals surface area (Å²) < 4.78 is 6.10. The minimum atomic E-state index is -0.868. The number of hydrogen-bond acceptors (Lipinski definition) is 6. The fraction of sp³-hybridized carbons (Fsp3) is 0.429. The molecular formula is C14H17N3O3S. The molecule has 0 bridgehead atoms. The lowest BCUT2D eigenvalue weighted by Gasteiger charge is -2.32. The summed E-state index contributed by atoms with van der Waals surface area (Å²) in [4.78, 5) is 16.3. The van der Waals surface area contributed by atoms with Crippen LogP contribution in [-0.2, 0) is 4.74 Å². The van der Waals surface area contributed by atoms with Crippen molar-refractivity contribution in [1.82, 2.24) is 10.3 Å². The number of aromatic nitrogens is 1. The fourth-order valence-corrected chi connectivity index (χ4v) is 3.13. The first-order chi connectivity index (χ1) is 10.1. The van der Waals surface area contributed by atoms with Gasteiger partial charge in [-0.15, -0.1) is 0 Å². The van der Waals surface area contributed by atoms with Crippen LogP contribution < -0.4 is 11.1 Å². The van der Waals surface area contributed by atoms with Crippen LogP contribution >= 0.6 is 11.3 Å². The van der Waals surface area contributed by atoms with E-state index in [1.54, 1.807) is 18.2 Å². The van der Waals surface area contributed by atoms with Crippen molar-refractivity contribution in [1.29, 1.82) is 0 Å². The average molecular weight is 307 g/mol. The number of nitrogens with one attached hydrogen (secondary N) is 1. The van der Waals surface area contributed by atoms with E-state index in [0.717, 1.165) is 10.2 Å². The van der Waals surface area contributed by atoms with Gasteiger partial charge in [0, 0.05) is 38.2 Å². The van der Waals surface area contributed by atoms with Gasteiger partial charge in [-0.1, -0.05) is 11.3 Å². The number of amides is 1. The summed E-state index contributed by atoms with van der Waals surface area (Å²) in [6.45, 7) is 1.29. The van der Waals surface area contributed by atoms with Gasteiger partial charge in [0.05, 0.1) is 15.8 Å². The van der Waals surface area contributed by atoms with E-state index in [0.29, 0.717) is 36.8 Å². The SMILES string of the molecule is Nc1nc2ccc(C(=O)NCC3(O)CCOCC3)cc2s1. The highest BCUT2D eigenvalue weighted by molar-refractivity contribution is 7.22. The summed E-state index contributed by atoms with van der Waals surface area (Å²) in [5, 5.41) is 13.6. The van der Waals surface area contributed by atoms with E-state index >= 15 is 0 Å². The number of nitrogen functional groups attached to an aromatic ring is 1. The second kappa shape index (κ2) is 5.59. The molecule has 1 aliphatic rings. The number of hydrogen-bond donors (Lipinski definition) is 3. The fourth-order valence-electron chi connectivity index (χ4n) is 2.36. The third-order valence-electron chi connectivity index (χ3n) is 3.67. The maximum Gasteiger partial charge on any atom is 0.251 e. The molecule has 112 valence electrons. The third kappa shape index (κ3) is 3.15. The number of carbonyl (C=O) groups excluding carboxylic acids is 1. The zero-order chi connectivity index (χ0) is 14.9. The summed E-state index contributed by atoms with van der Waals surface area (Å²) in [6, 6.07) is 5.26. The molecule has 1 aromatic heterocycles. The van der Waals surface area contributed by atoms with Crippen molar-refractivity contribution < 1.29 is 14.6 Å². The van der Waals surface area contributed by atoms with Gasteiger partial charge in [0.2, 0.25) is 0 Å². The van der Waals surface area contributed by atoms with Crippen molar-refractivity contribution >= 4 is 32.6 Å². The number of fused-ring (bicyclic) bond motifs is 1. The van der Waals surface area contributed by atoms with E-state index < -0.39 is 5.60 Å². The van der Waals surface area contributed by atoms with E-state index in [-0.39, 0.29) is 12.5 Å². The Bertz CT molecular complexity index is 665. The molecule has 0 spiro atoms. The van der Waals surface area contributed by atoms with Crippen LogP contribution in [0, 0.1) is 0 Å². The van der Waals surface area contributed by atoms with Gasteiger partial charge in [0.15, 0.2) is 5.13 Å². The molecule has 0 atom stereocenters. The molecule has 6 nitrogen and oxygen atoms in total. The lowest BCUT2D eigenvalue weighted by atomic mass is 9.94. The number of thiazole rings is 1. The van der Waals surface area contributed by atoms with Crippen molar-refractivity contribution in [3.8, 4) is 0 Å². The first kappa shape index (κ1) is 14.2. The number of anilines is 1. The van der Waals surface area contributed by atoms with E-state index in [4.69, 9.17) is 10.5 Å². The van der Waals surface area contributed by atoms with Crippen LogP contribution in [0.15, 0.2) is 18.2 Å². The maximum atomic E-state index is 12.2. The Hall–Kier alpha value is -1.70. The molecule has 0 aliphatic carbocycles. The molecule has 1 amide bonds. The molecule has 3 rings (SSSR count). The molecule has 1 saturated heterocycles. The van der Waals surface area contributed by atoms with Gasteiger partial charge in [-0.05, 0) is 18.2 Å². The third-order valence-corrected chi connectivity index (χ3v) is 4.52. The smallest absolute Gasteiger partial charge is 0.251 e. The topological polar surface area (TPSA) is 97.5 Å². The number of nitrogens with two attached hydrogens (primary N) is 1. The molecule has 4 N–H and O–H groups in total. The van der Waals surface area contributed by atoms with E-state index in [2.05, 4.69) is 10.3 Å². The van der Waals surface area contributed by atoms with Crippen LogP contribution in [0.3, 0.4) is 0 Å². The van der Waals surface area contributed by atoms with Crippen LogP contribution in [0.1, 0.15) is 23.2 Å². The Balaban J connectivity index is 1.68. The highest BCUT2D eigenvalue weighted by atomic mass is 32.1. The normalized spacial score (nSPS) is 17.8. The minimum Gasteiger partial charge on any atom is -0.388 e. The van der Waals surface area contributed by atoms with Crippen LogP contribution in [0.2, 0.25) is 0 Å². The number of rotatable bonds is 3. The van der Waals surface area contributed by atoms with Crippen LogP contribution in [0.4, 0.5) is 5.13 Å². The Morgan fingerprint density at radius 2 is 2.24 bits per heavy atom. The van der Waals surface area contributed by atoms with Crippen molar-refractivity contribution in [3.63, 3.8) is 0 Å². The van der Waals surface area contributed by atoms with Crippen molar-refractivity contribution in [2.75, 3.05) is 25.5 Å². The average Bonchev–Trinajstić information content (AvgIpc) is 2.84. The van der Waals surface area contributed by atoms with Gasteiger partial charge in [0.25, 0.3) is 5.91 Å². The molecular weight excluding hydrogens is 290 g/mol. The van der Waals surface area contributed by atoms with Gasteiger partial charge < -0.3 is 20.9 Å². The van der Waals surface area contributed by atoms with Gasteiger partial charge in [-0.25, -0.2) is 4.98 Å². The summed E-state index contributed by atoms with van der Waals surface area (Å²) in [6.07, 6.45) is 1.08. The molecule has 7 heteroatoms. The van der Waals surface area contributed by atoms with Crippen molar-refractivity contribution in [3.05, 3.63) is 23.8 Å². The van der Waals surface area contributed by atoms with Gasteiger partial charge >= 0.3 is 0 Å². The zero-order valence-electron chi connectivity index (χ0n) is 11.5. The number of carbonyl (C=O) groups is 1. The second-order valence-corrected chi connectivity index (χ2v) is 6.32.